The number of nitrogens with one attached hydrogen (secondary N) is 1. The minimum atomic E-state index is -0.325. The molecule has 6 rings (SSSR count). The molecule has 2 amide bonds. The number of fused-ring (bicyclic) bond motifs is 3. The fourth-order valence-electron chi connectivity index (χ4n) is 5.42. The Labute approximate surface area is 227 Å². The van der Waals surface area contributed by atoms with Crippen molar-refractivity contribution in [2.24, 2.45) is 0 Å². The van der Waals surface area contributed by atoms with Gasteiger partial charge in [0.05, 0.1) is 29.7 Å². The van der Waals surface area contributed by atoms with Crippen LogP contribution in [0.3, 0.4) is 0 Å². The number of carbonyl (C=O) groups is 1. The summed E-state index contributed by atoms with van der Waals surface area (Å²) in [6.45, 7) is 4.85. The molecule has 1 atom stereocenters. The third-order valence-electron chi connectivity index (χ3n) is 7.28. The first-order valence-corrected chi connectivity index (χ1v) is 13.2. The topological polar surface area (TPSA) is 55.1 Å². The van der Waals surface area contributed by atoms with Crippen LogP contribution in [0.15, 0.2) is 97.2 Å². The van der Waals surface area contributed by atoms with Gasteiger partial charge < -0.3 is 14.8 Å². The van der Waals surface area contributed by atoms with E-state index >= 15 is 0 Å². The van der Waals surface area contributed by atoms with Gasteiger partial charge in [0, 0.05) is 18.3 Å². The van der Waals surface area contributed by atoms with Crippen LogP contribution in [0.5, 0.6) is 0 Å². The molecular weight excluding hydrogens is 489 g/mol. The Morgan fingerprint density at radius 1 is 1.00 bits per heavy atom. The maximum atomic E-state index is 14.0. The molecule has 2 aromatic heterocycles. The molecule has 0 aliphatic carbocycles. The van der Waals surface area contributed by atoms with Crippen molar-refractivity contribution in [3.63, 3.8) is 0 Å². The number of amides is 2. The molecule has 1 aliphatic rings. The Kier molecular flexibility index (Phi) is 6.49. The molecule has 0 fully saturated rings. The van der Waals surface area contributed by atoms with Crippen molar-refractivity contribution in [2.45, 2.75) is 39.4 Å². The molecule has 1 unspecified atom stereocenters. The number of carbonyl (C=O) groups excluding carboxylic acids is 1. The number of urea groups is 1. The van der Waals surface area contributed by atoms with Crippen molar-refractivity contribution >= 4 is 6.03 Å². The average molecular weight is 520 g/mol. The number of aryl methyl sites for hydroxylation is 2. The van der Waals surface area contributed by atoms with Crippen molar-refractivity contribution in [2.75, 3.05) is 0 Å². The maximum absolute atomic E-state index is 14.0. The van der Waals surface area contributed by atoms with Crippen LogP contribution in [0.1, 0.15) is 46.6 Å². The fourth-order valence-corrected chi connectivity index (χ4v) is 5.42. The van der Waals surface area contributed by atoms with Gasteiger partial charge in [0.1, 0.15) is 11.6 Å². The summed E-state index contributed by atoms with van der Waals surface area (Å²) in [6, 6.07) is 28.2. The normalized spacial score (nSPS) is 14.4. The van der Waals surface area contributed by atoms with E-state index in [-0.39, 0.29) is 17.9 Å². The van der Waals surface area contributed by atoms with Crippen LogP contribution in [0, 0.1) is 12.7 Å². The lowest BCUT2D eigenvalue weighted by atomic mass is 10.00. The smallest absolute Gasteiger partial charge is 0.318 e. The van der Waals surface area contributed by atoms with Gasteiger partial charge in [-0.1, -0.05) is 67.1 Å². The summed E-state index contributed by atoms with van der Waals surface area (Å²) in [6.07, 6.45) is 2.79. The molecule has 0 bridgehead atoms. The van der Waals surface area contributed by atoms with E-state index in [1.54, 1.807) is 12.1 Å². The summed E-state index contributed by atoms with van der Waals surface area (Å²) in [7, 11) is 0. The number of para-hydroxylation sites is 1. The molecule has 0 radical (unpaired) electrons. The number of benzene rings is 3. The number of halogens is 1. The zero-order valence-corrected chi connectivity index (χ0v) is 22.0. The molecule has 1 aliphatic heterocycles. The third kappa shape index (κ3) is 4.61. The zero-order chi connectivity index (χ0) is 26.9. The first-order valence-electron chi connectivity index (χ1n) is 13.2. The van der Waals surface area contributed by atoms with Crippen molar-refractivity contribution < 1.29 is 9.18 Å². The van der Waals surface area contributed by atoms with Crippen LogP contribution >= 0.6 is 0 Å². The SMILES string of the molecule is CCc1nn(-c2ccccc2)c2c1CN(C(=O)NCc1ccc(F)cc1)C(c1cccc(C)c1)c1cccn1-2. The lowest BCUT2D eigenvalue weighted by molar-refractivity contribution is 0.180. The molecule has 3 aromatic carbocycles. The van der Waals surface area contributed by atoms with Crippen LogP contribution in [-0.4, -0.2) is 25.3 Å². The van der Waals surface area contributed by atoms with E-state index in [2.05, 4.69) is 54.2 Å². The quantitative estimate of drug-likeness (QED) is 0.289. The molecule has 196 valence electrons. The summed E-state index contributed by atoms with van der Waals surface area (Å²) >= 11 is 0. The third-order valence-corrected chi connectivity index (χ3v) is 7.28. The summed E-state index contributed by atoms with van der Waals surface area (Å²) in [5.41, 5.74) is 6.92. The molecule has 39 heavy (non-hydrogen) atoms. The Balaban J connectivity index is 1.49. The second-order valence-corrected chi connectivity index (χ2v) is 9.88. The Morgan fingerprint density at radius 3 is 2.54 bits per heavy atom. The Morgan fingerprint density at radius 2 is 1.79 bits per heavy atom. The largest absolute Gasteiger partial charge is 0.334 e. The van der Waals surface area contributed by atoms with E-state index in [0.717, 1.165) is 51.6 Å². The predicted molar refractivity (Wildman–Crippen MR) is 149 cm³/mol. The second kappa shape index (κ2) is 10.3. The summed E-state index contributed by atoms with van der Waals surface area (Å²) < 4.78 is 17.6. The van der Waals surface area contributed by atoms with Crippen LogP contribution in [0.4, 0.5) is 9.18 Å². The van der Waals surface area contributed by atoms with E-state index in [1.807, 2.05) is 52.0 Å². The summed E-state index contributed by atoms with van der Waals surface area (Å²) in [5.74, 6) is 0.650. The molecule has 0 saturated carbocycles. The average Bonchev–Trinajstić information content (AvgIpc) is 3.54. The number of hydrogen-bond acceptors (Lipinski definition) is 2. The van der Waals surface area contributed by atoms with Crippen LogP contribution in [-0.2, 0) is 19.5 Å². The van der Waals surface area contributed by atoms with Gasteiger partial charge >= 0.3 is 6.03 Å². The summed E-state index contributed by atoms with van der Waals surface area (Å²) in [4.78, 5) is 15.9. The molecule has 7 heteroatoms. The summed E-state index contributed by atoms with van der Waals surface area (Å²) in [5, 5.41) is 8.10. The Bertz CT molecular complexity index is 1620. The fraction of sp³-hybridized carbons (Fsp3) is 0.188. The van der Waals surface area contributed by atoms with Crippen molar-refractivity contribution in [1.29, 1.82) is 0 Å². The standard InChI is InChI=1S/C32H30FN5O/c1-3-28-27-21-37(32(39)34-20-23-14-16-25(33)17-15-23)30(24-10-7-9-22(2)19-24)29-13-8-18-36(29)31(27)38(35-28)26-11-5-4-6-12-26/h4-19,30H,3,20-21H2,1-2H3,(H,34,39). The van der Waals surface area contributed by atoms with Crippen LogP contribution in [0.2, 0.25) is 0 Å². The molecule has 5 aromatic rings. The highest BCUT2D eigenvalue weighted by Crippen LogP contribution is 2.38. The molecular formula is C32H30FN5O. The van der Waals surface area contributed by atoms with Gasteiger partial charge in [-0.3, -0.25) is 0 Å². The van der Waals surface area contributed by atoms with Gasteiger partial charge in [-0.25, -0.2) is 13.9 Å². The van der Waals surface area contributed by atoms with Crippen molar-refractivity contribution in [3.8, 4) is 11.5 Å². The Hall–Kier alpha value is -4.65. The van der Waals surface area contributed by atoms with E-state index in [9.17, 15) is 9.18 Å². The number of rotatable bonds is 5. The van der Waals surface area contributed by atoms with Gasteiger partial charge in [0.25, 0.3) is 0 Å². The van der Waals surface area contributed by atoms with Crippen molar-refractivity contribution in [1.82, 2.24) is 24.6 Å². The first kappa shape index (κ1) is 24.7. The van der Waals surface area contributed by atoms with E-state index in [4.69, 9.17) is 5.10 Å². The molecule has 0 saturated heterocycles. The molecule has 1 N–H and O–H groups in total. The van der Waals surface area contributed by atoms with Gasteiger partial charge in [0.2, 0.25) is 0 Å². The van der Waals surface area contributed by atoms with E-state index in [1.165, 1.54) is 12.1 Å². The highest BCUT2D eigenvalue weighted by Gasteiger charge is 2.36. The van der Waals surface area contributed by atoms with Crippen LogP contribution in [0.25, 0.3) is 11.5 Å². The minimum Gasteiger partial charge on any atom is -0.334 e. The zero-order valence-electron chi connectivity index (χ0n) is 22.0. The van der Waals surface area contributed by atoms with Gasteiger partial charge in [0.15, 0.2) is 0 Å². The maximum Gasteiger partial charge on any atom is 0.318 e. The number of aromatic nitrogens is 3. The monoisotopic (exact) mass is 519 g/mol. The molecule has 0 spiro atoms. The first-order chi connectivity index (χ1) is 19.0. The molecule has 6 nitrogen and oxygen atoms in total. The highest BCUT2D eigenvalue weighted by atomic mass is 19.1. The lowest BCUT2D eigenvalue weighted by Gasteiger charge is -2.31. The van der Waals surface area contributed by atoms with E-state index < -0.39 is 0 Å². The second-order valence-electron chi connectivity index (χ2n) is 9.88. The van der Waals surface area contributed by atoms with Gasteiger partial charge in [-0.15, -0.1) is 0 Å². The van der Waals surface area contributed by atoms with Gasteiger partial charge in [-0.2, -0.15) is 5.10 Å². The minimum absolute atomic E-state index is 0.194. The van der Waals surface area contributed by atoms with Crippen LogP contribution < -0.4 is 5.32 Å². The highest BCUT2D eigenvalue weighted by molar-refractivity contribution is 5.76. The predicted octanol–water partition coefficient (Wildman–Crippen LogP) is 6.49. The van der Waals surface area contributed by atoms with Gasteiger partial charge in [-0.05, 0) is 60.9 Å². The van der Waals surface area contributed by atoms with Crippen molar-refractivity contribution in [3.05, 3.63) is 137 Å². The number of hydrogen-bond donors (Lipinski definition) is 1. The van der Waals surface area contributed by atoms with E-state index in [0.29, 0.717) is 13.1 Å². The lowest BCUT2D eigenvalue weighted by Crippen LogP contribution is -2.41. The molecule has 3 heterocycles. The number of nitrogens with zero attached hydrogens (tertiary/aromatic N) is 4.